The Hall–Kier alpha value is -0.900. The van der Waals surface area contributed by atoms with Crippen LogP contribution in [0.25, 0.3) is 0 Å². The highest BCUT2D eigenvalue weighted by Crippen LogP contribution is 2.00. The van der Waals surface area contributed by atoms with E-state index in [4.69, 9.17) is 0 Å². The Balaban J connectivity index is 2.27. The Morgan fingerprint density at radius 2 is 2.25 bits per heavy atom. The summed E-state index contributed by atoms with van der Waals surface area (Å²) in [6.07, 6.45) is 1.52. The van der Waals surface area contributed by atoms with E-state index < -0.39 is 0 Å². The molecule has 0 aliphatic heterocycles. The van der Waals surface area contributed by atoms with Crippen LogP contribution < -0.4 is 5.32 Å². The minimum Gasteiger partial charge on any atom is -0.307 e. The highest BCUT2D eigenvalue weighted by molar-refractivity contribution is 4.80. The first-order chi connectivity index (χ1) is 5.70. The number of H-pyrrole nitrogens is 1. The van der Waals surface area contributed by atoms with Gasteiger partial charge < -0.3 is 5.32 Å². The summed E-state index contributed by atoms with van der Waals surface area (Å²) in [6, 6.07) is 0.509. The SMILES string of the molecule is CC(C)C(C)NCc1ncn[nH]1. The van der Waals surface area contributed by atoms with Crippen molar-refractivity contribution < 1.29 is 0 Å². The van der Waals surface area contributed by atoms with Crippen LogP contribution in [0.3, 0.4) is 0 Å². The molecule has 1 aromatic rings. The van der Waals surface area contributed by atoms with Crippen molar-refractivity contribution in [1.29, 1.82) is 0 Å². The predicted molar refractivity (Wildman–Crippen MR) is 47.5 cm³/mol. The first-order valence-electron chi connectivity index (χ1n) is 4.27. The lowest BCUT2D eigenvalue weighted by Gasteiger charge is -2.15. The van der Waals surface area contributed by atoms with Crippen molar-refractivity contribution in [1.82, 2.24) is 20.5 Å². The Morgan fingerprint density at radius 3 is 2.75 bits per heavy atom. The normalized spacial score (nSPS) is 13.7. The number of nitrogens with zero attached hydrogens (tertiary/aromatic N) is 2. The Bertz CT molecular complexity index is 205. The first kappa shape index (κ1) is 9.19. The largest absolute Gasteiger partial charge is 0.307 e. The highest BCUT2D eigenvalue weighted by atomic mass is 15.2. The molecule has 4 nitrogen and oxygen atoms in total. The second kappa shape index (κ2) is 4.21. The van der Waals surface area contributed by atoms with Gasteiger partial charge in [0, 0.05) is 6.04 Å². The molecule has 0 spiro atoms. The Kier molecular flexibility index (Phi) is 3.22. The number of nitrogens with one attached hydrogen (secondary N) is 2. The van der Waals surface area contributed by atoms with Gasteiger partial charge >= 0.3 is 0 Å². The van der Waals surface area contributed by atoms with Crippen molar-refractivity contribution in [3.63, 3.8) is 0 Å². The van der Waals surface area contributed by atoms with E-state index in [1.807, 2.05) is 0 Å². The molecule has 4 heteroatoms. The van der Waals surface area contributed by atoms with Crippen LogP contribution in [0.15, 0.2) is 6.33 Å². The topological polar surface area (TPSA) is 53.6 Å². The summed E-state index contributed by atoms with van der Waals surface area (Å²) in [4.78, 5) is 4.02. The van der Waals surface area contributed by atoms with Gasteiger partial charge in [0.25, 0.3) is 0 Å². The summed E-state index contributed by atoms with van der Waals surface area (Å²) >= 11 is 0. The molecule has 0 amide bonds. The van der Waals surface area contributed by atoms with Gasteiger partial charge in [-0.25, -0.2) is 4.98 Å². The van der Waals surface area contributed by atoms with Crippen LogP contribution in [0.2, 0.25) is 0 Å². The number of rotatable bonds is 4. The average Bonchev–Trinajstić information content (AvgIpc) is 2.51. The van der Waals surface area contributed by atoms with Crippen molar-refractivity contribution in [2.75, 3.05) is 0 Å². The summed E-state index contributed by atoms with van der Waals surface area (Å²) in [6.45, 7) is 7.32. The summed E-state index contributed by atoms with van der Waals surface area (Å²) in [5, 5.41) is 9.93. The van der Waals surface area contributed by atoms with E-state index in [2.05, 4.69) is 41.3 Å². The van der Waals surface area contributed by atoms with Gasteiger partial charge in [-0.1, -0.05) is 13.8 Å². The van der Waals surface area contributed by atoms with Gasteiger partial charge in [-0.15, -0.1) is 0 Å². The maximum absolute atomic E-state index is 4.02. The molecule has 2 N–H and O–H groups in total. The molecule has 68 valence electrons. The van der Waals surface area contributed by atoms with E-state index in [1.54, 1.807) is 0 Å². The van der Waals surface area contributed by atoms with Crippen LogP contribution in [0.5, 0.6) is 0 Å². The average molecular weight is 168 g/mol. The lowest BCUT2D eigenvalue weighted by atomic mass is 10.1. The molecule has 0 aromatic carbocycles. The molecule has 1 rings (SSSR count). The van der Waals surface area contributed by atoms with Crippen LogP contribution in [0, 0.1) is 5.92 Å². The van der Waals surface area contributed by atoms with Crippen molar-refractivity contribution in [2.45, 2.75) is 33.4 Å². The maximum Gasteiger partial charge on any atom is 0.138 e. The van der Waals surface area contributed by atoms with Crippen molar-refractivity contribution in [3.8, 4) is 0 Å². The molecule has 0 saturated heterocycles. The zero-order valence-corrected chi connectivity index (χ0v) is 7.83. The molecule has 1 unspecified atom stereocenters. The van der Waals surface area contributed by atoms with Crippen LogP contribution >= 0.6 is 0 Å². The van der Waals surface area contributed by atoms with Crippen LogP contribution in [-0.2, 0) is 6.54 Å². The molecule has 0 fully saturated rings. The highest BCUT2D eigenvalue weighted by Gasteiger charge is 2.05. The molecule has 12 heavy (non-hydrogen) atoms. The summed E-state index contributed by atoms with van der Waals surface area (Å²) in [5.74, 6) is 1.54. The first-order valence-corrected chi connectivity index (χ1v) is 4.27. The minimum atomic E-state index is 0.509. The maximum atomic E-state index is 4.02. The van der Waals surface area contributed by atoms with Gasteiger partial charge in [0.05, 0.1) is 6.54 Å². The lowest BCUT2D eigenvalue weighted by molar-refractivity contribution is 0.421. The zero-order valence-electron chi connectivity index (χ0n) is 7.83. The summed E-state index contributed by atoms with van der Waals surface area (Å²) in [5.41, 5.74) is 0. The van der Waals surface area contributed by atoms with Gasteiger partial charge in [0.15, 0.2) is 0 Å². The van der Waals surface area contributed by atoms with Gasteiger partial charge in [-0.2, -0.15) is 5.10 Å². The van der Waals surface area contributed by atoms with Crippen molar-refractivity contribution in [2.24, 2.45) is 5.92 Å². The number of hydrogen-bond acceptors (Lipinski definition) is 3. The molecule has 0 radical (unpaired) electrons. The molecule has 1 atom stereocenters. The minimum absolute atomic E-state index is 0.509. The van der Waals surface area contributed by atoms with Gasteiger partial charge in [-0.3, -0.25) is 5.10 Å². The van der Waals surface area contributed by atoms with E-state index in [0.29, 0.717) is 12.0 Å². The molecule has 1 heterocycles. The fourth-order valence-corrected chi connectivity index (χ4v) is 0.809. The van der Waals surface area contributed by atoms with E-state index in [9.17, 15) is 0 Å². The van der Waals surface area contributed by atoms with Crippen molar-refractivity contribution in [3.05, 3.63) is 12.2 Å². The smallest absolute Gasteiger partial charge is 0.138 e. The third-order valence-electron chi connectivity index (χ3n) is 2.06. The predicted octanol–water partition coefficient (Wildman–Crippen LogP) is 0.939. The third-order valence-corrected chi connectivity index (χ3v) is 2.06. The number of aromatic nitrogens is 3. The molecule has 0 saturated carbocycles. The molecular formula is C8H16N4. The van der Waals surface area contributed by atoms with Gasteiger partial charge in [0.2, 0.25) is 0 Å². The summed E-state index contributed by atoms with van der Waals surface area (Å²) in [7, 11) is 0. The monoisotopic (exact) mass is 168 g/mol. The van der Waals surface area contributed by atoms with Crippen LogP contribution in [0.4, 0.5) is 0 Å². The van der Waals surface area contributed by atoms with E-state index in [0.717, 1.165) is 12.4 Å². The zero-order chi connectivity index (χ0) is 8.97. The van der Waals surface area contributed by atoms with Gasteiger partial charge in [0.1, 0.15) is 12.2 Å². The van der Waals surface area contributed by atoms with Crippen molar-refractivity contribution >= 4 is 0 Å². The van der Waals surface area contributed by atoms with Crippen LogP contribution in [-0.4, -0.2) is 21.2 Å². The summed E-state index contributed by atoms with van der Waals surface area (Å²) < 4.78 is 0. The quantitative estimate of drug-likeness (QED) is 0.703. The molecule has 0 bridgehead atoms. The standard InChI is InChI=1S/C8H16N4/c1-6(2)7(3)9-4-8-10-5-11-12-8/h5-7,9H,4H2,1-3H3,(H,10,11,12). The second-order valence-electron chi connectivity index (χ2n) is 3.35. The number of aromatic amines is 1. The second-order valence-corrected chi connectivity index (χ2v) is 3.35. The molecule has 1 aromatic heterocycles. The fourth-order valence-electron chi connectivity index (χ4n) is 0.809. The molecule has 0 aliphatic carbocycles. The number of hydrogen-bond donors (Lipinski definition) is 2. The van der Waals surface area contributed by atoms with E-state index >= 15 is 0 Å². The van der Waals surface area contributed by atoms with Crippen LogP contribution in [0.1, 0.15) is 26.6 Å². The van der Waals surface area contributed by atoms with Gasteiger partial charge in [-0.05, 0) is 12.8 Å². The lowest BCUT2D eigenvalue weighted by Crippen LogP contribution is -2.30. The van der Waals surface area contributed by atoms with E-state index in [1.165, 1.54) is 6.33 Å². The van der Waals surface area contributed by atoms with E-state index in [-0.39, 0.29) is 0 Å². The fraction of sp³-hybridized carbons (Fsp3) is 0.750. The molecular weight excluding hydrogens is 152 g/mol. The third kappa shape index (κ3) is 2.62. The Labute approximate surface area is 72.8 Å². The molecule has 0 aliphatic rings. The Morgan fingerprint density at radius 1 is 1.50 bits per heavy atom.